The van der Waals surface area contributed by atoms with Gasteiger partial charge >= 0.3 is 5.97 Å². The first-order valence-corrected chi connectivity index (χ1v) is 5.79. The van der Waals surface area contributed by atoms with Gasteiger partial charge in [0.2, 0.25) is 0 Å². The fourth-order valence-electron chi connectivity index (χ4n) is 1.65. The predicted octanol–water partition coefficient (Wildman–Crippen LogP) is 2.28. The maximum absolute atomic E-state index is 11.8. The zero-order valence-electron chi connectivity index (χ0n) is 10.9. The van der Waals surface area contributed by atoms with Crippen LogP contribution in [-0.2, 0) is 22.5 Å². The smallest absolute Gasteiger partial charge is 0.339 e. The predicted molar refractivity (Wildman–Crippen MR) is 65.0 cm³/mol. The van der Waals surface area contributed by atoms with Crippen molar-refractivity contribution in [2.24, 2.45) is 0 Å². The molecule has 0 radical (unpaired) electrons. The van der Waals surface area contributed by atoms with Crippen molar-refractivity contribution in [3.63, 3.8) is 0 Å². The lowest BCUT2D eigenvalue weighted by molar-refractivity contribution is 0.0524. The molecule has 0 bridgehead atoms. The van der Waals surface area contributed by atoms with E-state index in [2.05, 4.69) is 4.98 Å². The van der Waals surface area contributed by atoms with Crippen LogP contribution < -0.4 is 0 Å². The molecule has 0 spiro atoms. The van der Waals surface area contributed by atoms with E-state index in [0.29, 0.717) is 25.2 Å². The van der Waals surface area contributed by atoms with Crippen LogP contribution in [-0.4, -0.2) is 24.7 Å². The van der Waals surface area contributed by atoms with Gasteiger partial charge in [-0.3, -0.25) is 4.98 Å². The molecule has 0 amide bonds. The third-order valence-corrected chi connectivity index (χ3v) is 2.53. The van der Waals surface area contributed by atoms with Crippen molar-refractivity contribution < 1.29 is 14.3 Å². The number of esters is 1. The van der Waals surface area contributed by atoms with Gasteiger partial charge in [-0.2, -0.15) is 0 Å². The number of hydrogen-bond acceptors (Lipinski definition) is 4. The zero-order chi connectivity index (χ0) is 12.8. The molecule has 17 heavy (non-hydrogen) atoms. The second kappa shape index (κ2) is 6.35. The van der Waals surface area contributed by atoms with Gasteiger partial charge in [0.1, 0.15) is 0 Å². The number of carbonyl (C=O) groups excluding carboxylic acids is 1. The molecule has 94 valence electrons. The van der Waals surface area contributed by atoms with Gasteiger partial charge in [0, 0.05) is 12.8 Å². The standard InChI is InChI=1S/C13H19NO3/c1-5-12-11(13(15)17-6-2)7-10(8-16-4)9(3)14-12/h7H,5-6,8H2,1-4H3. The Hall–Kier alpha value is -1.42. The van der Waals surface area contributed by atoms with Crippen LogP contribution in [0.15, 0.2) is 6.07 Å². The van der Waals surface area contributed by atoms with Crippen LogP contribution in [0.1, 0.15) is 41.2 Å². The van der Waals surface area contributed by atoms with Gasteiger partial charge in [-0.05, 0) is 31.9 Å². The normalized spacial score (nSPS) is 10.4. The third kappa shape index (κ3) is 3.27. The molecule has 0 aliphatic rings. The van der Waals surface area contributed by atoms with E-state index in [9.17, 15) is 4.79 Å². The van der Waals surface area contributed by atoms with Crippen molar-refractivity contribution in [2.45, 2.75) is 33.8 Å². The third-order valence-electron chi connectivity index (χ3n) is 2.53. The summed E-state index contributed by atoms with van der Waals surface area (Å²) in [6, 6.07) is 1.82. The van der Waals surface area contributed by atoms with Crippen molar-refractivity contribution in [1.82, 2.24) is 4.98 Å². The molecule has 0 saturated heterocycles. The van der Waals surface area contributed by atoms with Crippen LogP contribution in [0, 0.1) is 6.92 Å². The van der Waals surface area contributed by atoms with E-state index in [1.54, 1.807) is 14.0 Å². The number of rotatable bonds is 5. The largest absolute Gasteiger partial charge is 0.462 e. The van der Waals surface area contributed by atoms with E-state index in [1.807, 2.05) is 19.9 Å². The fourth-order valence-corrected chi connectivity index (χ4v) is 1.65. The molecule has 0 aromatic carbocycles. The zero-order valence-corrected chi connectivity index (χ0v) is 10.9. The Morgan fingerprint density at radius 1 is 1.41 bits per heavy atom. The van der Waals surface area contributed by atoms with Crippen LogP contribution in [0.4, 0.5) is 0 Å². The van der Waals surface area contributed by atoms with Crippen LogP contribution in [0.2, 0.25) is 0 Å². The molecule has 1 heterocycles. The van der Waals surface area contributed by atoms with E-state index in [0.717, 1.165) is 17.0 Å². The van der Waals surface area contributed by atoms with Crippen LogP contribution in [0.25, 0.3) is 0 Å². The quantitative estimate of drug-likeness (QED) is 0.737. The number of aromatic nitrogens is 1. The molecular formula is C13H19NO3. The van der Waals surface area contributed by atoms with Gasteiger partial charge in [-0.1, -0.05) is 6.92 Å². The molecule has 1 aromatic heterocycles. The number of carbonyl (C=O) groups is 1. The lowest BCUT2D eigenvalue weighted by Gasteiger charge is -2.11. The summed E-state index contributed by atoms with van der Waals surface area (Å²) in [7, 11) is 1.62. The highest BCUT2D eigenvalue weighted by molar-refractivity contribution is 5.90. The van der Waals surface area contributed by atoms with Crippen LogP contribution in [0.3, 0.4) is 0 Å². The Morgan fingerprint density at radius 3 is 2.65 bits per heavy atom. The average Bonchev–Trinajstić information content (AvgIpc) is 2.31. The number of ether oxygens (including phenoxy) is 2. The molecule has 0 fully saturated rings. The summed E-state index contributed by atoms with van der Waals surface area (Å²) in [6.45, 7) is 6.51. The monoisotopic (exact) mass is 237 g/mol. The number of hydrogen-bond donors (Lipinski definition) is 0. The van der Waals surface area contributed by atoms with Crippen molar-refractivity contribution in [3.05, 3.63) is 28.6 Å². The van der Waals surface area contributed by atoms with Gasteiger partial charge < -0.3 is 9.47 Å². The summed E-state index contributed by atoms with van der Waals surface area (Å²) >= 11 is 0. The van der Waals surface area contributed by atoms with Crippen molar-refractivity contribution in [3.8, 4) is 0 Å². The molecule has 4 heteroatoms. The maximum atomic E-state index is 11.8. The lowest BCUT2D eigenvalue weighted by atomic mass is 10.1. The van der Waals surface area contributed by atoms with E-state index < -0.39 is 0 Å². The van der Waals surface area contributed by atoms with Gasteiger partial charge in [0.05, 0.1) is 24.5 Å². The molecule has 0 aliphatic heterocycles. The summed E-state index contributed by atoms with van der Waals surface area (Å²) < 4.78 is 10.1. The summed E-state index contributed by atoms with van der Waals surface area (Å²) in [4.78, 5) is 16.2. The molecule has 0 N–H and O–H groups in total. The minimum Gasteiger partial charge on any atom is -0.462 e. The number of pyridine rings is 1. The topological polar surface area (TPSA) is 48.4 Å². The number of nitrogens with zero attached hydrogens (tertiary/aromatic N) is 1. The Kier molecular flexibility index (Phi) is 5.10. The Morgan fingerprint density at radius 2 is 2.12 bits per heavy atom. The molecule has 0 atom stereocenters. The number of aryl methyl sites for hydroxylation is 2. The van der Waals surface area contributed by atoms with E-state index >= 15 is 0 Å². The second-order valence-corrected chi connectivity index (χ2v) is 3.73. The Balaban J connectivity index is 3.16. The van der Waals surface area contributed by atoms with E-state index in [4.69, 9.17) is 9.47 Å². The molecule has 1 rings (SSSR count). The highest BCUT2D eigenvalue weighted by Gasteiger charge is 2.15. The molecule has 4 nitrogen and oxygen atoms in total. The van der Waals surface area contributed by atoms with Crippen molar-refractivity contribution >= 4 is 5.97 Å². The maximum Gasteiger partial charge on any atom is 0.339 e. The molecule has 0 unspecified atom stereocenters. The minimum absolute atomic E-state index is 0.311. The van der Waals surface area contributed by atoms with E-state index in [-0.39, 0.29) is 5.97 Å². The van der Waals surface area contributed by atoms with E-state index in [1.165, 1.54) is 0 Å². The lowest BCUT2D eigenvalue weighted by Crippen LogP contribution is -2.12. The first-order chi connectivity index (χ1) is 8.13. The van der Waals surface area contributed by atoms with Gasteiger partial charge in [0.15, 0.2) is 0 Å². The van der Waals surface area contributed by atoms with Crippen molar-refractivity contribution in [2.75, 3.05) is 13.7 Å². The fraction of sp³-hybridized carbons (Fsp3) is 0.538. The molecule has 0 saturated carbocycles. The summed E-state index contributed by atoms with van der Waals surface area (Å²) in [6.07, 6.45) is 0.711. The molecule has 0 aliphatic carbocycles. The highest BCUT2D eigenvalue weighted by atomic mass is 16.5. The minimum atomic E-state index is -0.311. The average molecular weight is 237 g/mol. The summed E-state index contributed by atoms with van der Waals surface area (Å²) in [5.74, 6) is -0.311. The molecular weight excluding hydrogens is 218 g/mol. The first-order valence-electron chi connectivity index (χ1n) is 5.79. The Labute approximate surface area is 102 Å². The van der Waals surface area contributed by atoms with Crippen molar-refractivity contribution in [1.29, 1.82) is 0 Å². The van der Waals surface area contributed by atoms with Gasteiger partial charge in [-0.15, -0.1) is 0 Å². The molecule has 1 aromatic rings. The van der Waals surface area contributed by atoms with Gasteiger partial charge in [-0.25, -0.2) is 4.79 Å². The second-order valence-electron chi connectivity index (χ2n) is 3.73. The summed E-state index contributed by atoms with van der Waals surface area (Å²) in [5.41, 5.74) is 3.15. The van der Waals surface area contributed by atoms with Crippen LogP contribution in [0.5, 0.6) is 0 Å². The first kappa shape index (κ1) is 13.6. The SMILES string of the molecule is CCOC(=O)c1cc(COC)c(C)nc1CC. The number of methoxy groups -OCH3 is 1. The van der Waals surface area contributed by atoms with Gasteiger partial charge in [0.25, 0.3) is 0 Å². The highest BCUT2D eigenvalue weighted by Crippen LogP contribution is 2.16. The van der Waals surface area contributed by atoms with Crippen LogP contribution >= 0.6 is 0 Å². The Bertz CT molecular complexity index is 402. The summed E-state index contributed by atoms with van der Waals surface area (Å²) in [5, 5.41) is 0.